The van der Waals surface area contributed by atoms with E-state index in [1.165, 1.54) is 25.7 Å². The van der Waals surface area contributed by atoms with Crippen molar-refractivity contribution in [3.05, 3.63) is 24.3 Å². The van der Waals surface area contributed by atoms with Crippen molar-refractivity contribution in [1.82, 2.24) is 19.7 Å². The first-order valence-electron chi connectivity index (χ1n) is 7.80. The lowest BCUT2D eigenvalue weighted by atomic mass is 9.93. The zero-order chi connectivity index (χ0) is 14.7. The number of nitrogens with zero attached hydrogens (tertiary/aromatic N) is 4. The Morgan fingerprint density at radius 3 is 3.00 bits per heavy atom. The van der Waals surface area contributed by atoms with Crippen molar-refractivity contribution >= 4 is 5.91 Å². The van der Waals surface area contributed by atoms with Crippen molar-refractivity contribution in [2.45, 2.75) is 38.1 Å². The van der Waals surface area contributed by atoms with Crippen molar-refractivity contribution in [3.63, 3.8) is 0 Å². The number of hydrogen-bond acceptors (Lipinski definition) is 4. The number of hydrogen-bond donors (Lipinski definition) is 1. The Balaban J connectivity index is 1.59. The Morgan fingerprint density at radius 2 is 2.29 bits per heavy atom. The molecule has 2 atom stereocenters. The van der Waals surface area contributed by atoms with Crippen molar-refractivity contribution in [2.75, 3.05) is 19.6 Å². The lowest BCUT2D eigenvalue weighted by Crippen LogP contribution is -2.39. The number of allylic oxidation sites excluding steroid dienone is 2. The maximum atomic E-state index is 11.1. The van der Waals surface area contributed by atoms with Crippen LogP contribution in [0.15, 0.2) is 18.5 Å². The third kappa shape index (κ3) is 3.50. The zero-order valence-electron chi connectivity index (χ0n) is 12.3. The van der Waals surface area contributed by atoms with E-state index in [0.717, 1.165) is 32.0 Å². The highest BCUT2D eigenvalue weighted by molar-refractivity contribution is 5.88. The fraction of sp³-hybridized carbons (Fsp3) is 0.667. The molecule has 2 unspecified atom stereocenters. The summed E-state index contributed by atoms with van der Waals surface area (Å²) in [6.07, 6.45) is 12.2. The van der Waals surface area contributed by atoms with E-state index in [-0.39, 0.29) is 5.82 Å². The van der Waals surface area contributed by atoms with Gasteiger partial charge in [-0.05, 0) is 44.6 Å². The van der Waals surface area contributed by atoms with Crippen LogP contribution in [0.2, 0.25) is 0 Å². The third-order valence-corrected chi connectivity index (χ3v) is 4.48. The number of amides is 1. The molecule has 1 fully saturated rings. The lowest BCUT2D eigenvalue weighted by Gasteiger charge is -2.35. The highest BCUT2D eigenvalue weighted by Crippen LogP contribution is 2.24. The quantitative estimate of drug-likeness (QED) is 0.849. The van der Waals surface area contributed by atoms with Crippen LogP contribution in [0, 0.1) is 5.92 Å². The summed E-state index contributed by atoms with van der Waals surface area (Å²) >= 11 is 0. The normalized spacial score (nSPS) is 26.9. The van der Waals surface area contributed by atoms with E-state index in [2.05, 4.69) is 27.1 Å². The Morgan fingerprint density at radius 1 is 1.38 bits per heavy atom. The van der Waals surface area contributed by atoms with Crippen LogP contribution in [-0.2, 0) is 0 Å². The molecule has 0 aromatic carbocycles. The second kappa shape index (κ2) is 6.39. The summed E-state index contributed by atoms with van der Waals surface area (Å²) in [6.45, 7) is 3.31. The molecule has 21 heavy (non-hydrogen) atoms. The maximum Gasteiger partial charge on any atom is 0.288 e. The minimum absolute atomic E-state index is 0.115. The predicted octanol–water partition coefficient (Wildman–Crippen LogP) is 1.37. The fourth-order valence-corrected chi connectivity index (χ4v) is 3.36. The molecule has 2 N–H and O–H groups in total. The van der Waals surface area contributed by atoms with E-state index in [1.54, 1.807) is 6.33 Å². The number of rotatable bonds is 4. The summed E-state index contributed by atoms with van der Waals surface area (Å²) in [5, 5.41) is 4.21. The lowest BCUT2D eigenvalue weighted by molar-refractivity contribution is 0.0988. The maximum absolute atomic E-state index is 11.1. The van der Waals surface area contributed by atoms with Gasteiger partial charge in [-0.1, -0.05) is 12.2 Å². The van der Waals surface area contributed by atoms with Crippen molar-refractivity contribution < 1.29 is 4.79 Å². The molecule has 0 spiro atoms. The van der Waals surface area contributed by atoms with E-state index >= 15 is 0 Å². The fourth-order valence-electron chi connectivity index (χ4n) is 3.36. The molecule has 0 radical (unpaired) electrons. The second-order valence-electron chi connectivity index (χ2n) is 6.12. The first-order chi connectivity index (χ1) is 10.2. The van der Waals surface area contributed by atoms with Crippen LogP contribution in [-0.4, -0.2) is 45.2 Å². The third-order valence-electron chi connectivity index (χ3n) is 4.48. The molecular formula is C15H23N5O. The van der Waals surface area contributed by atoms with Crippen LogP contribution in [0.4, 0.5) is 0 Å². The number of likely N-dealkylation sites (tertiary alicyclic amines) is 1. The van der Waals surface area contributed by atoms with E-state index < -0.39 is 5.91 Å². The number of aromatic nitrogens is 3. The first kappa shape index (κ1) is 14.3. The van der Waals surface area contributed by atoms with E-state index in [4.69, 9.17) is 5.73 Å². The Kier molecular flexibility index (Phi) is 4.34. The molecule has 2 aliphatic rings. The van der Waals surface area contributed by atoms with E-state index in [1.807, 2.05) is 4.68 Å². The molecule has 0 bridgehead atoms. The van der Waals surface area contributed by atoms with Gasteiger partial charge in [0.15, 0.2) is 0 Å². The smallest absolute Gasteiger partial charge is 0.288 e. The largest absolute Gasteiger partial charge is 0.363 e. The summed E-state index contributed by atoms with van der Waals surface area (Å²) in [4.78, 5) is 17.6. The molecule has 1 aromatic heterocycles. The molecule has 6 nitrogen and oxygen atoms in total. The number of primary amides is 1. The molecule has 1 saturated heterocycles. The van der Waals surface area contributed by atoms with Gasteiger partial charge in [0.1, 0.15) is 6.33 Å². The molecule has 0 saturated carbocycles. The molecular weight excluding hydrogens is 266 g/mol. The zero-order valence-corrected chi connectivity index (χ0v) is 12.3. The first-order valence-corrected chi connectivity index (χ1v) is 7.80. The van der Waals surface area contributed by atoms with Gasteiger partial charge in [0.2, 0.25) is 5.82 Å². The van der Waals surface area contributed by atoms with Gasteiger partial charge in [-0.2, -0.15) is 0 Å². The van der Waals surface area contributed by atoms with Crippen LogP contribution in [0.1, 0.15) is 48.8 Å². The Bertz CT molecular complexity index is 524. The molecule has 6 heteroatoms. The summed E-state index contributed by atoms with van der Waals surface area (Å²) < 4.78 is 1.81. The summed E-state index contributed by atoms with van der Waals surface area (Å²) in [5.41, 5.74) is 5.21. The number of carbonyl (C=O) groups is 1. The second-order valence-corrected chi connectivity index (χ2v) is 6.12. The van der Waals surface area contributed by atoms with Gasteiger partial charge >= 0.3 is 0 Å². The summed E-state index contributed by atoms with van der Waals surface area (Å²) in [6, 6.07) is 0.304. The Labute approximate surface area is 125 Å². The number of carbonyl (C=O) groups excluding carboxylic acids is 1. The van der Waals surface area contributed by atoms with Crippen molar-refractivity contribution in [1.29, 1.82) is 0 Å². The molecule has 114 valence electrons. The average molecular weight is 289 g/mol. The molecule has 1 aliphatic carbocycles. The minimum Gasteiger partial charge on any atom is -0.363 e. The van der Waals surface area contributed by atoms with Gasteiger partial charge in [-0.25, -0.2) is 9.67 Å². The highest BCUT2D eigenvalue weighted by atomic mass is 16.1. The van der Waals surface area contributed by atoms with Crippen LogP contribution in [0.3, 0.4) is 0 Å². The average Bonchev–Trinajstić information content (AvgIpc) is 2.99. The van der Waals surface area contributed by atoms with E-state index in [9.17, 15) is 4.79 Å². The predicted molar refractivity (Wildman–Crippen MR) is 79.7 cm³/mol. The molecule has 2 heterocycles. The van der Waals surface area contributed by atoms with Gasteiger partial charge in [0.25, 0.3) is 5.91 Å². The summed E-state index contributed by atoms with van der Waals surface area (Å²) in [7, 11) is 0. The van der Waals surface area contributed by atoms with Crippen LogP contribution >= 0.6 is 0 Å². The van der Waals surface area contributed by atoms with E-state index in [0.29, 0.717) is 6.04 Å². The van der Waals surface area contributed by atoms with Crippen molar-refractivity contribution in [3.8, 4) is 0 Å². The number of piperidine rings is 1. The Hall–Kier alpha value is -1.69. The van der Waals surface area contributed by atoms with Gasteiger partial charge in [-0.15, -0.1) is 5.10 Å². The monoisotopic (exact) mass is 289 g/mol. The summed E-state index contributed by atoms with van der Waals surface area (Å²) in [5.74, 6) is 0.339. The van der Waals surface area contributed by atoms with Crippen molar-refractivity contribution in [2.24, 2.45) is 11.7 Å². The van der Waals surface area contributed by atoms with Crippen LogP contribution in [0.5, 0.6) is 0 Å². The molecule has 1 amide bonds. The van der Waals surface area contributed by atoms with Gasteiger partial charge in [0, 0.05) is 13.1 Å². The molecule has 3 rings (SSSR count). The van der Waals surface area contributed by atoms with Crippen LogP contribution < -0.4 is 5.73 Å². The number of nitrogens with two attached hydrogens (primary N) is 1. The standard InChI is InChI=1S/C15H23N5O/c16-14(21)15-17-11-20(18-15)13-7-4-8-19(10-13)9-12-5-2-1-3-6-12/h1-2,11-13H,3-10H2,(H2,16,21). The topological polar surface area (TPSA) is 77.0 Å². The molecule has 1 aromatic rings. The minimum atomic E-state index is -0.560. The van der Waals surface area contributed by atoms with Crippen LogP contribution in [0.25, 0.3) is 0 Å². The molecule has 1 aliphatic heterocycles. The van der Waals surface area contributed by atoms with Gasteiger partial charge in [-0.3, -0.25) is 4.79 Å². The SMILES string of the molecule is NC(=O)c1ncn(C2CCCN(CC3CC=CCC3)C2)n1. The highest BCUT2D eigenvalue weighted by Gasteiger charge is 2.24. The van der Waals surface area contributed by atoms with Gasteiger partial charge < -0.3 is 10.6 Å². The van der Waals surface area contributed by atoms with Gasteiger partial charge in [0.05, 0.1) is 6.04 Å².